The van der Waals surface area contributed by atoms with Gasteiger partial charge in [-0.3, -0.25) is 9.59 Å². The van der Waals surface area contributed by atoms with E-state index in [4.69, 9.17) is 0 Å². The van der Waals surface area contributed by atoms with Gasteiger partial charge in [-0.05, 0) is 25.3 Å². The monoisotopic (exact) mass is 395 g/mol. The molecule has 1 N–H and O–H groups in total. The van der Waals surface area contributed by atoms with E-state index in [1.54, 1.807) is 0 Å². The van der Waals surface area contributed by atoms with Crippen molar-refractivity contribution in [3.63, 3.8) is 0 Å². The number of hydrogen-bond donors (Lipinski definition) is 1. The van der Waals surface area contributed by atoms with Gasteiger partial charge in [0.1, 0.15) is 11.6 Å². The predicted octanol–water partition coefficient (Wildman–Crippen LogP) is 2.27. The van der Waals surface area contributed by atoms with Crippen molar-refractivity contribution in [2.24, 2.45) is 5.92 Å². The fraction of sp³-hybridized carbons (Fsp3) is 0.545. The molecule has 1 fully saturated rings. The lowest BCUT2D eigenvalue weighted by Gasteiger charge is -2.25. The van der Waals surface area contributed by atoms with Crippen LogP contribution in [0.2, 0.25) is 0 Å². The van der Waals surface area contributed by atoms with Crippen molar-refractivity contribution in [2.45, 2.75) is 58.0 Å². The van der Waals surface area contributed by atoms with Crippen LogP contribution in [-0.4, -0.2) is 44.6 Å². The number of fused-ring (bicyclic) bond motifs is 1. The topological polar surface area (TPSA) is 80.1 Å². The normalized spacial score (nSPS) is 20.2. The van der Waals surface area contributed by atoms with E-state index < -0.39 is 0 Å². The Morgan fingerprint density at radius 3 is 2.86 bits per heavy atom. The molecule has 1 aromatic carbocycles. The Morgan fingerprint density at radius 2 is 2.03 bits per heavy atom. The number of aryl methyl sites for hydroxylation is 1. The highest BCUT2D eigenvalue weighted by atomic mass is 16.2. The number of nitrogens with one attached hydrogen (secondary N) is 1. The Labute approximate surface area is 171 Å². The lowest BCUT2D eigenvalue weighted by molar-refractivity contribution is -0.130. The van der Waals surface area contributed by atoms with Crippen molar-refractivity contribution in [1.29, 1.82) is 0 Å². The fourth-order valence-electron chi connectivity index (χ4n) is 4.37. The van der Waals surface area contributed by atoms with E-state index in [2.05, 4.69) is 20.1 Å². The van der Waals surface area contributed by atoms with Gasteiger partial charge in [0.05, 0.1) is 12.0 Å². The summed E-state index contributed by atoms with van der Waals surface area (Å²) < 4.78 is 2.21. The van der Waals surface area contributed by atoms with Gasteiger partial charge in [-0.25, -0.2) is 0 Å². The molecule has 7 nitrogen and oxygen atoms in total. The average Bonchev–Trinajstić information content (AvgIpc) is 3.23. The van der Waals surface area contributed by atoms with Gasteiger partial charge in [-0.15, -0.1) is 10.2 Å². The van der Waals surface area contributed by atoms with Crippen LogP contribution in [0.3, 0.4) is 0 Å². The van der Waals surface area contributed by atoms with Gasteiger partial charge >= 0.3 is 0 Å². The van der Waals surface area contributed by atoms with E-state index in [-0.39, 0.29) is 30.2 Å². The summed E-state index contributed by atoms with van der Waals surface area (Å²) in [5, 5.41) is 11.6. The molecule has 2 amide bonds. The van der Waals surface area contributed by atoms with Gasteiger partial charge in [-0.1, -0.05) is 36.8 Å². The highest BCUT2D eigenvalue weighted by Crippen LogP contribution is 2.28. The zero-order chi connectivity index (χ0) is 20.2. The van der Waals surface area contributed by atoms with Crippen molar-refractivity contribution in [1.82, 2.24) is 25.0 Å². The molecule has 0 aliphatic carbocycles. The van der Waals surface area contributed by atoms with Crippen molar-refractivity contribution in [2.75, 3.05) is 13.1 Å². The molecular formula is C22H29N5O2. The first-order chi connectivity index (χ1) is 14.1. The molecule has 4 rings (SSSR count). The maximum atomic E-state index is 12.6. The Balaban J connectivity index is 1.30. The van der Waals surface area contributed by atoms with Crippen LogP contribution in [0.5, 0.6) is 0 Å². The van der Waals surface area contributed by atoms with Gasteiger partial charge < -0.3 is 14.8 Å². The molecule has 2 unspecified atom stereocenters. The molecule has 2 aliphatic rings. The second kappa shape index (κ2) is 8.76. The van der Waals surface area contributed by atoms with Gasteiger partial charge in [-0.2, -0.15) is 0 Å². The largest absolute Gasteiger partial charge is 0.355 e. The molecule has 2 aromatic rings. The molecule has 29 heavy (non-hydrogen) atoms. The lowest BCUT2D eigenvalue weighted by Crippen LogP contribution is -2.35. The third kappa shape index (κ3) is 4.33. The Bertz CT molecular complexity index is 863. The number of hydrogen-bond acceptors (Lipinski definition) is 4. The quantitative estimate of drug-likeness (QED) is 0.814. The predicted molar refractivity (Wildman–Crippen MR) is 109 cm³/mol. The van der Waals surface area contributed by atoms with Crippen LogP contribution in [0.1, 0.15) is 55.9 Å². The number of nitrogens with zero attached hydrogens (tertiary/aromatic N) is 4. The van der Waals surface area contributed by atoms with Crippen LogP contribution in [0.25, 0.3) is 0 Å². The Hall–Kier alpha value is -2.70. The summed E-state index contributed by atoms with van der Waals surface area (Å²) in [6.07, 6.45) is 5.49. The summed E-state index contributed by atoms with van der Waals surface area (Å²) in [6.45, 7) is 3.98. The van der Waals surface area contributed by atoms with Crippen molar-refractivity contribution in [3.05, 3.63) is 47.5 Å². The molecule has 0 spiro atoms. The van der Waals surface area contributed by atoms with E-state index in [9.17, 15) is 9.59 Å². The summed E-state index contributed by atoms with van der Waals surface area (Å²) in [5.41, 5.74) is 1.09. The molecule has 7 heteroatoms. The van der Waals surface area contributed by atoms with Crippen LogP contribution >= 0.6 is 0 Å². The standard InChI is InChI=1S/C22H29N5O2/c1-16(17-8-4-2-5-9-17)27-15-18(14-21(27)28)22(29)23-12-11-20-25-24-19-10-6-3-7-13-26(19)20/h2,4-5,8-9,16,18H,3,6-7,10-15H2,1H3,(H,23,29). The molecule has 1 saturated heterocycles. The van der Waals surface area contributed by atoms with Crippen LogP contribution < -0.4 is 5.32 Å². The fourth-order valence-corrected chi connectivity index (χ4v) is 4.37. The minimum absolute atomic E-state index is 0.0204. The van der Waals surface area contributed by atoms with Crippen LogP contribution in [0.4, 0.5) is 0 Å². The molecule has 0 saturated carbocycles. The van der Waals surface area contributed by atoms with Crippen LogP contribution in [0.15, 0.2) is 30.3 Å². The zero-order valence-corrected chi connectivity index (χ0v) is 17.0. The maximum Gasteiger partial charge on any atom is 0.225 e. The third-order valence-corrected chi connectivity index (χ3v) is 6.11. The maximum absolute atomic E-state index is 12.6. The number of amides is 2. The average molecular weight is 396 g/mol. The molecule has 0 bridgehead atoms. The molecule has 154 valence electrons. The van der Waals surface area contributed by atoms with Crippen molar-refractivity contribution in [3.8, 4) is 0 Å². The summed E-state index contributed by atoms with van der Waals surface area (Å²) in [5.74, 6) is 1.73. The number of benzene rings is 1. The van der Waals surface area contributed by atoms with Crippen LogP contribution in [-0.2, 0) is 29.0 Å². The van der Waals surface area contributed by atoms with E-state index in [0.29, 0.717) is 19.5 Å². The second-order valence-corrected chi connectivity index (χ2v) is 8.07. The smallest absolute Gasteiger partial charge is 0.225 e. The highest BCUT2D eigenvalue weighted by molar-refractivity contribution is 5.89. The van der Waals surface area contributed by atoms with E-state index in [1.807, 2.05) is 42.2 Å². The summed E-state index contributed by atoms with van der Waals surface area (Å²) in [7, 11) is 0. The number of aromatic nitrogens is 3. The lowest BCUT2D eigenvalue weighted by atomic mass is 10.1. The molecule has 3 heterocycles. The Morgan fingerprint density at radius 1 is 1.21 bits per heavy atom. The van der Waals surface area contributed by atoms with Gasteiger partial charge in [0, 0.05) is 38.9 Å². The molecule has 0 radical (unpaired) electrons. The SMILES string of the molecule is CC(c1ccccc1)N1CC(C(=O)NCCc2nnc3n2CCCCC3)CC1=O. The Kier molecular flexibility index (Phi) is 5.92. The number of carbonyl (C=O) groups excluding carboxylic acids is 2. The molecule has 2 atom stereocenters. The third-order valence-electron chi connectivity index (χ3n) is 6.11. The van der Waals surface area contributed by atoms with E-state index >= 15 is 0 Å². The number of rotatable bonds is 6. The summed E-state index contributed by atoms with van der Waals surface area (Å²) in [6, 6.07) is 9.93. The van der Waals surface area contributed by atoms with Gasteiger partial charge in [0.15, 0.2) is 0 Å². The first kappa shape index (κ1) is 19.6. The first-order valence-electron chi connectivity index (χ1n) is 10.7. The summed E-state index contributed by atoms with van der Waals surface area (Å²) in [4.78, 5) is 26.9. The second-order valence-electron chi connectivity index (χ2n) is 8.07. The number of carbonyl (C=O) groups is 2. The van der Waals surface area contributed by atoms with E-state index in [1.165, 1.54) is 12.8 Å². The molecule has 1 aromatic heterocycles. The summed E-state index contributed by atoms with van der Waals surface area (Å²) >= 11 is 0. The highest BCUT2D eigenvalue weighted by Gasteiger charge is 2.36. The van der Waals surface area contributed by atoms with Gasteiger partial charge in [0.2, 0.25) is 11.8 Å². The minimum atomic E-state index is -0.288. The van der Waals surface area contributed by atoms with Crippen molar-refractivity contribution >= 4 is 11.8 Å². The van der Waals surface area contributed by atoms with Gasteiger partial charge in [0.25, 0.3) is 0 Å². The van der Waals surface area contributed by atoms with Crippen molar-refractivity contribution < 1.29 is 9.59 Å². The minimum Gasteiger partial charge on any atom is -0.355 e. The zero-order valence-electron chi connectivity index (χ0n) is 17.0. The van der Waals surface area contributed by atoms with E-state index in [0.717, 1.165) is 36.6 Å². The van der Waals surface area contributed by atoms with Crippen LogP contribution in [0, 0.1) is 5.92 Å². The molecule has 2 aliphatic heterocycles. The molecular weight excluding hydrogens is 366 g/mol. The first-order valence-corrected chi connectivity index (χ1v) is 10.7. The number of likely N-dealkylation sites (tertiary alicyclic amines) is 1.